The largest absolute Gasteiger partial charge is 0.389 e. The first-order valence-electron chi connectivity index (χ1n) is 6.73. The minimum absolute atomic E-state index is 0.306. The van der Waals surface area contributed by atoms with Crippen LogP contribution in [0, 0.1) is 5.82 Å². The Balaban J connectivity index is 2.23. The van der Waals surface area contributed by atoms with Gasteiger partial charge in [-0.2, -0.15) is 0 Å². The summed E-state index contributed by atoms with van der Waals surface area (Å²) >= 11 is 0. The molecule has 0 saturated carbocycles. The van der Waals surface area contributed by atoms with Gasteiger partial charge in [0.1, 0.15) is 5.82 Å². The number of hydrogen-bond acceptors (Lipinski definition) is 3. The number of aliphatic hydroxyl groups is 1. The lowest BCUT2D eigenvalue weighted by Gasteiger charge is -2.24. The summed E-state index contributed by atoms with van der Waals surface area (Å²) in [4.78, 5) is 5.93. The summed E-state index contributed by atoms with van der Waals surface area (Å²) in [6.07, 6.45) is 2.81. The molecule has 1 N–H and O–H groups in total. The summed E-state index contributed by atoms with van der Waals surface area (Å²) in [5.41, 5.74) is 2.22. The number of hydrogen-bond donors (Lipinski definition) is 1. The minimum atomic E-state index is -0.658. The third-order valence-electron chi connectivity index (χ3n) is 3.30. The molecule has 0 bridgehead atoms. The van der Waals surface area contributed by atoms with Crippen molar-refractivity contribution in [3.05, 3.63) is 59.7 Å². The van der Waals surface area contributed by atoms with E-state index in [1.807, 2.05) is 24.0 Å². The summed E-state index contributed by atoms with van der Waals surface area (Å²) in [7, 11) is 0. The number of anilines is 1. The average Bonchev–Trinajstić information content (AvgIpc) is 2.46. The molecular formula is C16H19FN2O. The Labute approximate surface area is 118 Å². The Bertz CT molecular complexity index is 558. The fourth-order valence-electron chi connectivity index (χ4n) is 2.12. The summed E-state index contributed by atoms with van der Waals surface area (Å²) in [6.45, 7) is 4.95. The van der Waals surface area contributed by atoms with E-state index in [2.05, 4.69) is 4.98 Å². The fourth-order valence-corrected chi connectivity index (χ4v) is 2.12. The highest BCUT2D eigenvalue weighted by atomic mass is 19.1. The second kappa shape index (κ2) is 6.48. The van der Waals surface area contributed by atoms with Crippen LogP contribution in [0.25, 0.3) is 0 Å². The van der Waals surface area contributed by atoms with Crippen LogP contribution in [0.1, 0.15) is 31.1 Å². The summed E-state index contributed by atoms with van der Waals surface area (Å²) in [5, 5.41) is 9.48. The fraction of sp³-hybridized carbons (Fsp3) is 0.312. The van der Waals surface area contributed by atoms with Gasteiger partial charge < -0.3 is 10.0 Å². The van der Waals surface area contributed by atoms with Crippen LogP contribution in [-0.2, 0) is 6.54 Å². The van der Waals surface area contributed by atoms with E-state index in [4.69, 9.17) is 0 Å². The topological polar surface area (TPSA) is 36.4 Å². The van der Waals surface area contributed by atoms with Crippen LogP contribution in [0.15, 0.2) is 42.7 Å². The molecule has 0 radical (unpaired) electrons. The Hall–Kier alpha value is -1.94. The Kier molecular flexibility index (Phi) is 4.69. The zero-order valence-electron chi connectivity index (χ0n) is 11.8. The zero-order chi connectivity index (χ0) is 14.5. The molecule has 0 fully saturated rings. The molecule has 0 unspecified atom stereocenters. The number of aromatic nitrogens is 1. The molecule has 0 saturated heterocycles. The summed E-state index contributed by atoms with van der Waals surface area (Å²) < 4.78 is 14.2. The number of aliphatic hydroxyl groups excluding tert-OH is 1. The number of halogens is 1. The van der Waals surface area contributed by atoms with E-state index in [-0.39, 0.29) is 5.82 Å². The van der Waals surface area contributed by atoms with Crippen LogP contribution in [0.5, 0.6) is 0 Å². The van der Waals surface area contributed by atoms with E-state index in [1.165, 1.54) is 6.07 Å². The molecular weight excluding hydrogens is 255 g/mol. The number of nitrogens with zero attached hydrogens (tertiary/aromatic N) is 2. The molecule has 1 aromatic heterocycles. The molecule has 1 atom stereocenters. The molecule has 2 rings (SSSR count). The quantitative estimate of drug-likeness (QED) is 0.908. The van der Waals surface area contributed by atoms with Gasteiger partial charge in [0.25, 0.3) is 0 Å². The maximum absolute atomic E-state index is 14.2. The highest BCUT2D eigenvalue weighted by Gasteiger charge is 2.12. The standard InChI is InChI=1S/C16H19FN2O/c1-3-19(11-13-6-8-18-9-7-13)16-5-4-14(12(2)20)10-15(16)17/h4-10,12,20H,3,11H2,1-2H3/t12-/m0/s1. The van der Waals surface area contributed by atoms with Crippen molar-refractivity contribution in [2.75, 3.05) is 11.4 Å². The van der Waals surface area contributed by atoms with Crippen molar-refractivity contribution in [1.82, 2.24) is 4.98 Å². The average molecular weight is 274 g/mol. The van der Waals surface area contributed by atoms with E-state index in [9.17, 15) is 9.50 Å². The number of pyridine rings is 1. The van der Waals surface area contributed by atoms with Gasteiger partial charge in [0.05, 0.1) is 11.8 Å². The first kappa shape index (κ1) is 14.5. The molecule has 0 aliphatic carbocycles. The van der Waals surface area contributed by atoms with Gasteiger partial charge in [0.15, 0.2) is 0 Å². The lowest BCUT2D eigenvalue weighted by atomic mass is 10.1. The summed E-state index contributed by atoms with van der Waals surface area (Å²) in [6, 6.07) is 8.73. The second-order valence-corrected chi connectivity index (χ2v) is 4.76. The van der Waals surface area contributed by atoms with Gasteiger partial charge in [-0.05, 0) is 49.2 Å². The van der Waals surface area contributed by atoms with Crippen LogP contribution < -0.4 is 4.90 Å². The first-order chi connectivity index (χ1) is 9.61. The van der Waals surface area contributed by atoms with Crippen LogP contribution in [0.4, 0.5) is 10.1 Å². The molecule has 1 aromatic carbocycles. The van der Waals surface area contributed by atoms with Crippen molar-refractivity contribution in [3.63, 3.8) is 0 Å². The second-order valence-electron chi connectivity index (χ2n) is 4.76. The molecule has 0 aliphatic rings. The lowest BCUT2D eigenvalue weighted by Crippen LogP contribution is -2.23. The van der Waals surface area contributed by atoms with Gasteiger partial charge in [-0.15, -0.1) is 0 Å². The van der Waals surface area contributed by atoms with Crippen molar-refractivity contribution < 1.29 is 9.50 Å². The molecule has 2 aromatic rings. The first-order valence-corrected chi connectivity index (χ1v) is 6.73. The van der Waals surface area contributed by atoms with Gasteiger partial charge >= 0.3 is 0 Å². The van der Waals surface area contributed by atoms with Gasteiger partial charge in [-0.1, -0.05) is 6.07 Å². The predicted octanol–water partition coefficient (Wildman–Crippen LogP) is 3.30. The Morgan fingerprint density at radius 1 is 1.25 bits per heavy atom. The van der Waals surface area contributed by atoms with Gasteiger partial charge in [0.2, 0.25) is 0 Å². The van der Waals surface area contributed by atoms with Gasteiger partial charge in [-0.3, -0.25) is 4.98 Å². The minimum Gasteiger partial charge on any atom is -0.389 e. The van der Waals surface area contributed by atoms with E-state index < -0.39 is 6.10 Å². The van der Waals surface area contributed by atoms with Crippen molar-refractivity contribution in [2.24, 2.45) is 0 Å². The van der Waals surface area contributed by atoms with Gasteiger partial charge in [-0.25, -0.2) is 4.39 Å². The zero-order valence-corrected chi connectivity index (χ0v) is 11.8. The Morgan fingerprint density at radius 2 is 1.95 bits per heavy atom. The van der Waals surface area contributed by atoms with E-state index in [1.54, 1.807) is 31.5 Å². The number of benzene rings is 1. The lowest BCUT2D eigenvalue weighted by molar-refractivity contribution is 0.199. The van der Waals surface area contributed by atoms with E-state index >= 15 is 0 Å². The summed E-state index contributed by atoms with van der Waals surface area (Å²) in [5.74, 6) is -0.306. The molecule has 4 heteroatoms. The van der Waals surface area contributed by atoms with E-state index in [0.717, 1.165) is 5.56 Å². The van der Waals surface area contributed by atoms with Crippen molar-refractivity contribution in [1.29, 1.82) is 0 Å². The normalized spacial score (nSPS) is 12.2. The Morgan fingerprint density at radius 3 is 2.50 bits per heavy atom. The van der Waals surface area contributed by atoms with Crippen LogP contribution in [0.3, 0.4) is 0 Å². The van der Waals surface area contributed by atoms with Crippen LogP contribution in [-0.4, -0.2) is 16.6 Å². The SMILES string of the molecule is CCN(Cc1ccncc1)c1ccc([C@H](C)O)cc1F. The van der Waals surface area contributed by atoms with Crippen molar-refractivity contribution >= 4 is 5.69 Å². The molecule has 1 heterocycles. The third kappa shape index (κ3) is 3.33. The molecule has 0 aliphatic heterocycles. The smallest absolute Gasteiger partial charge is 0.146 e. The monoisotopic (exact) mass is 274 g/mol. The van der Waals surface area contributed by atoms with E-state index in [0.29, 0.717) is 24.3 Å². The third-order valence-corrected chi connectivity index (χ3v) is 3.30. The van der Waals surface area contributed by atoms with Crippen LogP contribution >= 0.6 is 0 Å². The molecule has 0 spiro atoms. The van der Waals surface area contributed by atoms with Crippen LogP contribution in [0.2, 0.25) is 0 Å². The molecule has 3 nitrogen and oxygen atoms in total. The molecule has 20 heavy (non-hydrogen) atoms. The highest BCUT2D eigenvalue weighted by Crippen LogP contribution is 2.24. The molecule has 106 valence electrons. The maximum Gasteiger partial charge on any atom is 0.146 e. The van der Waals surface area contributed by atoms with Crippen molar-refractivity contribution in [2.45, 2.75) is 26.5 Å². The van der Waals surface area contributed by atoms with Gasteiger partial charge in [0, 0.05) is 25.5 Å². The van der Waals surface area contributed by atoms with Crippen molar-refractivity contribution in [3.8, 4) is 0 Å². The predicted molar refractivity (Wildman–Crippen MR) is 78.0 cm³/mol. The molecule has 0 amide bonds. The highest BCUT2D eigenvalue weighted by molar-refractivity contribution is 5.49. The maximum atomic E-state index is 14.2. The number of rotatable bonds is 5.